The van der Waals surface area contributed by atoms with Gasteiger partial charge in [-0.05, 0) is 55.8 Å². The first-order chi connectivity index (χ1) is 15.0. The van der Waals surface area contributed by atoms with Crippen molar-refractivity contribution in [2.45, 2.75) is 25.3 Å². The second-order valence-electron chi connectivity index (χ2n) is 7.66. The van der Waals surface area contributed by atoms with E-state index in [0.717, 1.165) is 50.3 Å². The number of benzene rings is 1. The van der Waals surface area contributed by atoms with Gasteiger partial charge in [0.2, 0.25) is 5.89 Å². The number of piperidine rings is 1. The van der Waals surface area contributed by atoms with Crippen LogP contribution < -0.4 is 21.7 Å². The maximum atomic E-state index is 6.39. The number of halogens is 2. The molecule has 10 heteroatoms. The summed E-state index contributed by atoms with van der Waals surface area (Å²) in [6, 6.07) is 5.47. The Labute approximate surface area is 191 Å². The molecule has 2 aromatic rings. The summed E-state index contributed by atoms with van der Waals surface area (Å²) >= 11 is 12.6. The lowest BCUT2D eigenvalue weighted by Crippen LogP contribution is -2.41. The molecule has 0 bridgehead atoms. The zero-order chi connectivity index (χ0) is 21.8. The number of rotatable bonds is 6. The predicted octanol–water partition coefficient (Wildman–Crippen LogP) is 2.64. The Kier molecular flexibility index (Phi) is 6.89. The van der Waals surface area contributed by atoms with Gasteiger partial charge in [0.15, 0.2) is 0 Å². The molecule has 2 aliphatic rings. The number of hydrogen-bond donors (Lipinski definition) is 4. The number of nitrogens with two attached hydrogens (primary N) is 1. The average molecular weight is 464 g/mol. The molecule has 0 aliphatic carbocycles. The highest BCUT2D eigenvalue weighted by atomic mass is 35.5. The van der Waals surface area contributed by atoms with Crippen molar-refractivity contribution >= 4 is 28.9 Å². The van der Waals surface area contributed by atoms with Crippen LogP contribution in [0.15, 0.2) is 40.2 Å². The van der Waals surface area contributed by atoms with Gasteiger partial charge >= 0.3 is 0 Å². The third kappa shape index (κ3) is 5.08. The Bertz CT molecular complexity index is 982. The molecule has 5 N–H and O–H groups in total. The largest absolute Gasteiger partial charge is 0.419 e. The lowest BCUT2D eigenvalue weighted by atomic mass is 9.98. The van der Waals surface area contributed by atoms with Crippen LogP contribution >= 0.6 is 23.2 Å². The first kappa shape index (κ1) is 21.8. The van der Waals surface area contributed by atoms with Gasteiger partial charge in [0.1, 0.15) is 11.5 Å². The smallest absolute Gasteiger partial charge is 0.263 e. The Morgan fingerprint density at radius 2 is 2.10 bits per heavy atom. The van der Waals surface area contributed by atoms with Crippen LogP contribution in [0.5, 0.6) is 0 Å². The monoisotopic (exact) mass is 463 g/mol. The fourth-order valence-electron chi connectivity index (χ4n) is 3.87. The quantitative estimate of drug-likeness (QED) is 0.518. The molecule has 31 heavy (non-hydrogen) atoms. The minimum absolute atomic E-state index is 0.294. The van der Waals surface area contributed by atoms with E-state index in [1.165, 1.54) is 0 Å². The molecule has 8 nitrogen and oxygen atoms in total. The zero-order valence-electron chi connectivity index (χ0n) is 17.4. The van der Waals surface area contributed by atoms with Crippen LogP contribution in [0.4, 0.5) is 0 Å². The number of hydrogen-bond acceptors (Lipinski definition) is 8. The lowest BCUT2D eigenvalue weighted by molar-refractivity contribution is 0.321. The van der Waals surface area contributed by atoms with Gasteiger partial charge in [0, 0.05) is 42.6 Å². The van der Waals surface area contributed by atoms with Crippen molar-refractivity contribution in [2.24, 2.45) is 5.73 Å². The molecular formula is C21H27Cl2N7O. The van der Waals surface area contributed by atoms with Crippen LogP contribution in [0.1, 0.15) is 36.1 Å². The number of nitrogens with one attached hydrogen (secondary N) is 3. The van der Waals surface area contributed by atoms with Crippen LogP contribution in [-0.4, -0.2) is 48.3 Å². The minimum Gasteiger partial charge on any atom is -0.419 e. The third-order valence-corrected chi connectivity index (χ3v) is 6.20. The van der Waals surface area contributed by atoms with Gasteiger partial charge in [-0.1, -0.05) is 23.2 Å². The highest BCUT2D eigenvalue weighted by molar-refractivity contribution is 6.33. The summed E-state index contributed by atoms with van der Waals surface area (Å²) in [5.41, 5.74) is 8.79. The molecule has 3 heterocycles. The van der Waals surface area contributed by atoms with Gasteiger partial charge in [-0.3, -0.25) is 0 Å². The Morgan fingerprint density at radius 3 is 2.87 bits per heavy atom. The second kappa shape index (κ2) is 9.80. The summed E-state index contributed by atoms with van der Waals surface area (Å²) in [4.78, 5) is 2.16. The van der Waals surface area contributed by atoms with Gasteiger partial charge in [-0.2, -0.15) is 0 Å². The molecule has 0 amide bonds. The lowest BCUT2D eigenvalue weighted by Gasteiger charge is -2.32. The van der Waals surface area contributed by atoms with E-state index in [4.69, 9.17) is 33.4 Å². The topological polar surface area (TPSA) is 104 Å². The molecule has 4 rings (SSSR count). The first-order valence-corrected chi connectivity index (χ1v) is 11.2. The normalized spacial score (nSPS) is 18.3. The standard InChI is InChI=1S/C21H27Cl2N7O/c1-25-17(21-29-28-20(31-21)13-4-6-26-7-5-13)11-18-19(24)27-8-9-30(18)12-14-10-15(22)2-3-16(14)23/h2-3,10-11,13,25-27H,4-9,12,24H2,1H3/b17-11-. The van der Waals surface area contributed by atoms with Crippen molar-refractivity contribution in [3.8, 4) is 0 Å². The van der Waals surface area contributed by atoms with Crippen molar-refractivity contribution in [2.75, 3.05) is 33.2 Å². The fraction of sp³-hybridized carbons (Fsp3) is 0.429. The molecule has 1 aromatic carbocycles. The summed E-state index contributed by atoms with van der Waals surface area (Å²) in [6.07, 6.45) is 3.92. The molecule has 166 valence electrons. The maximum absolute atomic E-state index is 6.39. The molecule has 0 saturated carbocycles. The van der Waals surface area contributed by atoms with Gasteiger partial charge < -0.3 is 31.0 Å². The van der Waals surface area contributed by atoms with E-state index in [1.54, 1.807) is 6.07 Å². The molecule has 0 spiro atoms. The van der Waals surface area contributed by atoms with E-state index >= 15 is 0 Å². The Balaban J connectivity index is 1.60. The van der Waals surface area contributed by atoms with Crippen molar-refractivity contribution in [3.63, 3.8) is 0 Å². The van der Waals surface area contributed by atoms with Crippen molar-refractivity contribution in [1.82, 2.24) is 31.0 Å². The van der Waals surface area contributed by atoms with Gasteiger partial charge in [-0.25, -0.2) is 0 Å². The van der Waals surface area contributed by atoms with Crippen LogP contribution in [0, 0.1) is 0 Å². The number of allylic oxidation sites excluding steroid dienone is 1. The molecule has 2 aliphatic heterocycles. The van der Waals surface area contributed by atoms with Crippen LogP contribution in [0.3, 0.4) is 0 Å². The molecule has 0 unspecified atom stereocenters. The summed E-state index contributed by atoms with van der Waals surface area (Å²) < 4.78 is 6.02. The summed E-state index contributed by atoms with van der Waals surface area (Å²) in [5, 5.41) is 19.6. The summed E-state index contributed by atoms with van der Waals surface area (Å²) in [5.74, 6) is 2.00. The van der Waals surface area contributed by atoms with Crippen LogP contribution in [0.25, 0.3) is 5.70 Å². The maximum Gasteiger partial charge on any atom is 0.263 e. The third-order valence-electron chi connectivity index (χ3n) is 5.59. The Morgan fingerprint density at radius 1 is 1.29 bits per heavy atom. The van der Waals surface area contributed by atoms with Crippen molar-refractivity contribution in [1.29, 1.82) is 0 Å². The second-order valence-corrected chi connectivity index (χ2v) is 8.50. The zero-order valence-corrected chi connectivity index (χ0v) is 18.9. The van der Waals surface area contributed by atoms with E-state index in [0.29, 0.717) is 45.8 Å². The van der Waals surface area contributed by atoms with Crippen LogP contribution in [-0.2, 0) is 6.54 Å². The van der Waals surface area contributed by atoms with E-state index in [9.17, 15) is 0 Å². The van der Waals surface area contributed by atoms with E-state index < -0.39 is 0 Å². The minimum atomic E-state index is 0.294. The molecule has 1 aromatic heterocycles. The van der Waals surface area contributed by atoms with Crippen molar-refractivity contribution < 1.29 is 4.42 Å². The van der Waals surface area contributed by atoms with Crippen molar-refractivity contribution in [3.05, 3.63) is 63.2 Å². The van der Waals surface area contributed by atoms with E-state index in [2.05, 4.69) is 31.0 Å². The van der Waals surface area contributed by atoms with Crippen LogP contribution in [0.2, 0.25) is 10.0 Å². The van der Waals surface area contributed by atoms with E-state index in [-0.39, 0.29) is 0 Å². The summed E-state index contributed by atoms with van der Waals surface area (Å²) in [7, 11) is 1.82. The molecule has 0 radical (unpaired) electrons. The molecule has 1 saturated heterocycles. The number of aromatic nitrogens is 2. The number of nitrogens with zero attached hydrogens (tertiary/aromatic N) is 3. The summed E-state index contributed by atoms with van der Waals surface area (Å²) in [6.45, 7) is 4.00. The molecule has 1 fully saturated rings. The predicted molar refractivity (Wildman–Crippen MR) is 122 cm³/mol. The molecular weight excluding hydrogens is 437 g/mol. The van der Waals surface area contributed by atoms with Gasteiger partial charge in [0.05, 0.1) is 5.70 Å². The Hall–Kier alpha value is -2.42. The van der Waals surface area contributed by atoms with Gasteiger partial charge in [-0.15, -0.1) is 10.2 Å². The molecule has 0 atom stereocenters. The SMILES string of the molecule is CN/C(=C\C1=C(N)NCCN1Cc1cc(Cl)ccc1Cl)c1nnc(C2CCNCC2)o1. The highest BCUT2D eigenvalue weighted by Gasteiger charge is 2.24. The van der Waals surface area contributed by atoms with E-state index in [1.807, 2.05) is 25.3 Å². The highest BCUT2D eigenvalue weighted by Crippen LogP contribution is 2.28. The van der Waals surface area contributed by atoms with Gasteiger partial charge in [0.25, 0.3) is 5.89 Å². The first-order valence-electron chi connectivity index (χ1n) is 10.4. The fourth-order valence-corrected chi connectivity index (χ4v) is 4.24. The average Bonchev–Trinajstić information content (AvgIpc) is 3.27.